The van der Waals surface area contributed by atoms with Crippen LogP contribution in [0.4, 0.5) is 0 Å². The highest BCUT2D eigenvalue weighted by Crippen LogP contribution is 2.16. The summed E-state index contributed by atoms with van der Waals surface area (Å²) in [7, 11) is 0. The molecule has 120 valence electrons. The van der Waals surface area contributed by atoms with Crippen LogP contribution in [-0.4, -0.2) is 23.5 Å². The van der Waals surface area contributed by atoms with E-state index in [1.165, 1.54) is 18.2 Å². The van der Waals surface area contributed by atoms with Gasteiger partial charge in [-0.25, -0.2) is 4.79 Å². The van der Waals surface area contributed by atoms with Crippen LogP contribution in [-0.2, 0) is 17.6 Å². The van der Waals surface area contributed by atoms with Crippen molar-refractivity contribution in [3.8, 4) is 5.75 Å². The molecule has 0 aliphatic heterocycles. The Morgan fingerprint density at radius 3 is 2.48 bits per heavy atom. The van der Waals surface area contributed by atoms with Crippen molar-refractivity contribution in [1.82, 2.24) is 0 Å². The van der Waals surface area contributed by atoms with Gasteiger partial charge in [0.25, 0.3) is 0 Å². The van der Waals surface area contributed by atoms with E-state index in [0.717, 1.165) is 24.0 Å². The molecular formula is C19H20O4. The summed E-state index contributed by atoms with van der Waals surface area (Å²) in [6, 6.07) is 11.7. The van der Waals surface area contributed by atoms with Gasteiger partial charge in [0, 0.05) is 5.56 Å². The third-order valence-electron chi connectivity index (χ3n) is 3.68. The van der Waals surface area contributed by atoms with Gasteiger partial charge in [0.1, 0.15) is 5.75 Å². The van der Waals surface area contributed by atoms with Crippen molar-refractivity contribution in [2.45, 2.75) is 26.7 Å². The highest BCUT2D eigenvalue weighted by atomic mass is 16.5. The van der Waals surface area contributed by atoms with Crippen molar-refractivity contribution < 1.29 is 19.4 Å². The fraction of sp³-hybridized carbons (Fsp3) is 0.263. The van der Waals surface area contributed by atoms with Crippen molar-refractivity contribution in [1.29, 1.82) is 0 Å². The number of Topliss-reactive ketones (excluding diaryl/α,β-unsaturated/α-hetero) is 1. The maximum atomic E-state index is 12.4. The zero-order valence-electron chi connectivity index (χ0n) is 13.3. The number of benzene rings is 2. The Labute approximate surface area is 135 Å². The van der Waals surface area contributed by atoms with Crippen LogP contribution in [0, 0.1) is 0 Å². The largest absolute Gasteiger partial charge is 0.508 e. The summed E-state index contributed by atoms with van der Waals surface area (Å²) in [6.07, 6.45) is 1.58. The van der Waals surface area contributed by atoms with Crippen LogP contribution in [0.1, 0.15) is 45.7 Å². The molecule has 4 nitrogen and oxygen atoms in total. The first kappa shape index (κ1) is 16.7. The van der Waals surface area contributed by atoms with Crippen LogP contribution in [0.3, 0.4) is 0 Å². The standard InChI is InChI=1S/C19H20O4/c1-3-13-8-9-14(4-2)17(10-13)18(21)12-23-19(22)15-6-5-7-16(20)11-15/h5-11,20H,3-4,12H2,1-2H3. The first-order valence-electron chi connectivity index (χ1n) is 7.66. The lowest BCUT2D eigenvalue weighted by atomic mass is 9.98. The highest BCUT2D eigenvalue weighted by Gasteiger charge is 2.15. The number of aryl methyl sites for hydroxylation is 2. The molecule has 0 spiro atoms. The fourth-order valence-corrected chi connectivity index (χ4v) is 2.34. The van der Waals surface area contributed by atoms with Gasteiger partial charge in [-0.05, 0) is 48.2 Å². The molecule has 1 N–H and O–H groups in total. The first-order chi connectivity index (χ1) is 11.0. The molecule has 2 rings (SSSR count). The molecule has 0 aliphatic rings. The molecule has 2 aromatic carbocycles. The van der Waals surface area contributed by atoms with Crippen molar-refractivity contribution >= 4 is 11.8 Å². The summed E-state index contributed by atoms with van der Waals surface area (Å²) in [5, 5.41) is 9.37. The summed E-state index contributed by atoms with van der Waals surface area (Å²) in [4.78, 5) is 24.3. The second kappa shape index (κ2) is 7.58. The minimum Gasteiger partial charge on any atom is -0.508 e. The Kier molecular flexibility index (Phi) is 5.52. The normalized spacial score (nSPS) is 10.3. The first-order valence-corrected chi connectivity index (χ1v) is 7.66. The number of phenolic OH excluding ortho intramolecular Hbond substituents is 1. The third kappa shape index (κ3) is 4.19. The summed E-state index contributed by atoms with van der Waals surface area (Å²) in [6.45, 7) is 3.70. The van der Waals surface area contributed by atoms with Crippen LogP contribution < -0.4 is 0 Å². The van der Waals surface area contributed by atoms with E-state index in [2.05, 4.69) is 0 Å². The lowest BCUT2D eigenvalue weighted by Crippen LogP contribution is -2.16. The molecule has 0 amide bonds. The molecule has 0 aliphatic carbocycles. The van der Waals surface area contributed by atoms with E-state index in [0.29, 0.717) is 5.56 Å². The number of carbonyl (C=O) groups excluding carboxylic acids is 2. The second-order valence-corrected chi connectivity index (χ2v) is 5.25. The summed E-state index contributed by atoms with van der Waals surface area (Å²) >= 11 is 0. The molecule has 0 heterocycles. The topological polar surface area (TPSA) is 63.6 Å². The van der Waals surface area contributed by atoms with E-state index in [4.69, 9.17) is 4.74 Å². The summed E-state index contributed by atoms with van der Waals surface area (Å²) in [5.41, 5.74) is 2.84. The molecule has 0 bridgehead atoms. The Bertz CT molecular complexity index is 719. The monoisotopic (exact) mass is 312 g/mol. The molecule has 0 aromatic heterocycles. The molecule has 0 saturated carbocycles. The highest BCUT2D eigenvalue weighted by molar-refractivity contribution is 6.00. The predicted molar refractivity (Wildman–Crippen MR) is 87.9 cm³/mol. The van der Waals surface area contributed by atoms with E-state index >= 15 is 0 Å². The number of ether oxygens (including phenoxy) is 1. The molecule has 0 fully saturated rings. The van der Waals surface area contributed by atoms with E-state index in [9.17, 15) is 14.7 Å². The zero-order valence-corrected chi connectivity index (χ0v) is 13.3. The Hall–Kier alpha value is -2.62. The van der Waals surface area contributed by atoms with Gasteiger partial charge in [0.2, 0.25) is 5.78 Å². The van der Waals surface area contributed by atoms with Gasteiger partial charge in [-0.1, -0.05) is 32.0 Å². The van der Waals surface area contributed by atoms with Crippen molar-refractivity contribution in [3.63, 3.8) is 0 Å². The quantitative estimate of drug-likeness (QED) is 0.654. The predicted octanol–water partition coefficient (Wildman–Crippen LogP) is 3.56. The van der Waals surface area contributed by atoms with Gasteiger partial charge in [-0.2, -0.15) is 0 Å². The Morgan fingerprint density at radius 2 is 1.83 bits per heavy atom. The van der Waals surface area contributed by atoms with Gasteiger partial charge in [0.05, 0.1) is 5.56 Å². The van der Waals surface area contributed by atoms with Crippen LogP contribution in [0.15, 0.2) is 42.5 Å². The Balaban J connectivity index is 2.09. The number of hydrogen-bond donors (Lipinski definition) is 1. The summed E-state index contributed by atoms with van der Waals surface area (Å²) in [5.74, 6) is -0.862. The average molecular weight is 312 g/mol. The molecule has 0 atom stereocenters. The van der Waals surface area contributed by atoms with Gasteiger partial charge >= 0.3 is 5.97 Å². The third-order valence-corrected chi connectivity index (χ3v) is 3.68. The van der Waals surface area contributed by atoms with Crippen LogP contribution in [0.5, 0.6) is 5.75 Å². The minimum atomic E-state index is -0.626. The molecule has 23 heavy (non-hydrogen) atoms. The minimum absolute atomic E-state index is 0.0188. The lowest BCUT2D eigenvalue weighted by molar-refractivity contribution is 0.0474. The second-order valence-electron chi connectivity index (χ2n) is 5.25. The van der Waals surface area contributed by atoms with Crippen molar-refractivity contribution in [2.75, 3.05) is 6.61 Å². The molecular weight excluding hydrogens is 292 g/mol. The number of aromatic hydroxyl groups is 1. The molecule has 4 heteroatoms. The van der Waals surface area contributed by atoms with Crippen LogP contribution >= 0.6 is 0 Å². The van der Waals surface area contributed by atoms with Crippen LogP contribution in [0.2, 0.25) is 0 Å². The average Bonchev–Trinajstić information content (AvgIpc) is 2.58. The lowest BCUT2D eigenvalue weighted by Gasteiger charge is -2.10. The fourth-order valence-electron chi connectivity index (χ4n) is 2.34. The number of ketones is 1. The molecule has 0 unspecified atom stereocenters. The van der Waals surface area contributed by atoms with E-state index in [-0.39, 0.29) is 23.7 Å². The number of rotatable bonds is 6. The zero-order chi connectivity index (χ0) is 16.8. The smallest absolute Gasteiger partial charge is 0.338 e. The number of phenols is 1. The molecule has 0 saturated heterocycles. The molecule has 0 radical (unpaired) electrons. The van der Waals surface area contributed by atoms with Crippen molar-refractivity contribution in [3.05, 3.63) is 64.7 Å². The SMILES string of the molecule is CCc1ccc(CC)c(C(=O)COC(=O)c2cccc(O)c2)c1. The van der Waals surface area contributed by atoms with E-state index in [1.807, 2.05) is 32.0 Å². The van der Waals surface area contributed by atoms with Crippen LogP contribution in [0.25, 0.3) is 0 Å². The maximum Gasteiger partial charge on any atom is 0.338 e. The maximum absolute atomic E-state index is 12.4. The van der Waals surface area contributed by atoms with Gasteiger partial charge in [-0.15, -0.1) is 0 Å². The van der Waals surface area contributed by atoms with E-state index in [1.54, 1.807) is 6.07 Å². The van der Waals surface area contributed by atoms with Gasteiger partial charge in [-0.3, -0.25) is 4.79 Å². The van der Waals surface area contributed by atoms with E-state index < -0.39 is 5.97 Å². The molecule has 2 aromatic rings. The number of carbonyl (C=O) groups is 2. The Morgan fingerprint density at radius 1 is 1.04 bits per heavy atom. The number of hydrogen-bond acceptors (Lipinski definition) is 4. The van der Waals surface area contributed by atoms with Crippen molar-refractivity contribution in [2.24, 2.45) is 0 Å². The summed E-state index contributed by atoms with van der Waals surface area (Å²) < 4.78 is 5.07. The number of esters is 1. The van der Waals surface area contributed by atoms with Gasteiger partial charge < -0.3 is 9.84 Å². The van der Waals surface area contributed by atoms with Gasteiger partial charge in [0.15, 0.2) is 6.61 Å².